The highest BCUT2D eigenvalue weighted by molar-refractivity contribution is 9.09. The highest BCUT2D eigenvalue weighted by Gasteiger charge is 2.76. The number of fused-ring (bicyclic) bond motifs is 4. The van der Waals surface area contributed by atoms with Crippen molar-refractivity contribution in [1.29, 1.82) is 0 Å². The molecule has 4 amide bonds. The first-order valence-corrected chi connectivity index (χ1v) is 14.7. The van der Waals surface area contributed by atoms with Gasteiger partial charge in [-0.1, -0.05) is 39.7 Å². The van der Waals surface area contributed by atoms with Crippen molar-refractivity contribution in [2.24, 2.45) is 17.8 Å². The summed E-state index contributed by atoms with van der Waals surface area (Å²) in [5, 5.41) is 11.7. The van der Waals surface area contributed by atoms with Gasteiger partial charge in [0.1, 0.15) is 0 Å². The number of likely N-dealkylation sites (tertiary alicyclic amines) is 2. The van der Waals surface area contributed by atoms with Gasteiger partial charge in [-0.3, -0.25) is 29.0 Å². The Morgan fingerprint density at radius 2 is 1.84 bits per heavy atom. The normalized spacial score (nSPS) is 34.4. The van der Waals surface area contributed by atoms with Crippen LogP contribution in [0.15, 0.2) is 47.4 Å². The number of phenolic OH excluding ortho intramolecular Hbond substituents is 1. The number of rotatable bonds is 4. The Morgan fingerprint density at radius 1 is 1.08 bits per heavy atom. The second kappa shape index (κ2) is 8.87. The third-order valence-corrected chi connectivity index (χ3v) is 11.1. The largest absolute Gasteiger partial charge is 0.505 e. The first-order valence-electron chi connectivity index (χ1n) is 11.9. The van der Waals surface area contributed by atoms with E-state index in [1.165, 1.54) is 22.3 Å². The van der Waals surface area contributed by atoms with Gasteiger partial charge in [0, 0.05) is 10.8 Å². The van der Waals surface area contributed by atoms with Crippen molar-refractivity contribution in [3.8, 4) is 5.75 Å². The predicted octanol–water partition coefficient (Wildman–Crippen LogP) is 4.50. The van der Waals surface area contributed by atoms with Gasteiger partial charge in [-0.25, -0.2) is 4.39 Å². The van der Waals surface area contributed by atoms with E-state index < -0.39 is 56.8 Å². The van der Waals surface area contributed by atoms with Crippen molar-refractivity contribution in [1.82, 2.24) is 9.80 Å². The average Bonchev–Trinajstić information content (AvgIpc) is 3.53. The second-order valence-corrected chi connectivity index (χ2v) is 12.8. The van der Waals surface area contributed by atoms with Crippen LogP contribution >= 0.6 is 50.5 Å². The van der Waals surface area contributed by atoms with Crippen LogP contribution in [0.25, 0.3) is 0 Å². The number of imide groups is 2. The molecule has 12 heteroatoms. The number of carbonyl (C=O) groups is 4. The van der Waals surface area contributed by atoms with Gasteiger partial charge >= 0.3 is 0 Å². The molecule has 1 saturated carbocycles. The summed E-state index contributed by atoms with van der Waals surface area (Å²) < 4.78 is 14.6. The zero-order valence-electron chi connectivity index (χ0n) is 19.6. The van der Waals surface area contributed by atoms with E-state index in [1.54, 1.807) is 6.08 Å². The zero-order chi connectivity index (χ0) is 27.1. The van der Waals surface area contributed by atoms with Crippen LogP contribution in [0.1, 0.15) is 29.2 Å². The summed E-state index contributed by atoms with van der Waals surface area (Å²) in [6, 6.07) is 7.33. The van der Waals surface area contributed by atoms with Crippen LogP contribution in [-0.2, 0) is 25.7 Å². The maximum Gasteiger partial charge on any atom is 0.254 e. The lowest BCUT2D eigenvalue weighted by Gasteiger charge is -2.50. The zero-order valence-corrected chi connectivity index (χ0v) is 23.5. The fourth-order valence-corrected chi connectivity index (χ4v) is 8.73. The lowest BCUT2D eigenvalue weighted by atomic mass is 9.56. The van der Waals surface area contributed by atoms with E-state index in [2.05, 4.69) is 15.9 Å². The Labute approximate surface area is 239 Å². The number of halogens is 4. The van der Waals surface area contributed by atoms with Crippen molar-refractivity contribution in [3.63, 3.8) is 0 Å². The fourth-order valence-electron chi connectivity index (χ4n) is 6.61. The molecular weight excluding hydrogens is 622 g/mol. The van der Waals surface area contributed by atoms with Crippen molar-refractivity contribution in [3.05, 3.63) is 63.6 Å². The molecule has 0 unspecified atom stereocenters. The molecule has 38 heavy (non-hydrogen) atoms. The number of aromatic hydroxyl groups is 1. The maximum absolute atomic E-state index is 14.6. The topological polar surface area (TPSA) is 95.0 Å². The number of hydrogen-bond acceptors (Lipinski definition) is 6. The Bertz CT molecular complexity index is 1440. The first kappa shape index (κ1) is 26.0. The Hall–Kier alpha value is -2.27. The number of nitrogens with zero attached hydrogens (tertiary/aromatic N) is 2. The standard InChI is InChI=1S/C26H20BrCl2FN2O5S/c27-11-32-23(36)25(28)9-16-14(20(26(25,29)24(32)37)12-3-6-18(33)17(30)8-12)4-5-15-19(16)22(35)31(21(15)34)10-13-2-1-7-38-13/h1-4,6-8,15-16,19-20,33H,5,9-11H2/t15-,16+,19-,20-,25+,26-/m0/s1. The maximum atomic E-state index is 14.6. The molecule has 6 atom stereocenters. The molecule has 0 spiro atoms. The van der Waals surface area contributed by atoms with Gasteiger partial charge in [-0.15, -0.1) is 34.5 Å². The minimum atomic E-state index is -2.01. The van der Waals surface area contributed by atoms with Gasteiger partial charge in [0.2, 0.25) is 11.8 Å². The molecule has 3 heterocycles. The number of benzene rings is 1. The van der Waals surface area contributed by atoms with Gasteiger partial charge in [0.05, 0.1) is 23.8 Å². The minimum Gasteiger partial charge on any atom is -0.505 e. The van der Waals surface area contributed by atoms with Gasteiger partial charge in [-0.05, 0) is 47.9 Å². The Kier molecular flexibility index (Phi) is 6.07. The van der Waals surface area contributed by atoms with E-state index in [-0.39, 0.29) is 42.2 Å². The highest BCUT2D eigenvalue weighted by atomic mass is 79.9. The SMILES string of the molecule is O=C1[C@H]2[C@H](CC=C3[C@H]2C[C@@]2(Cl)C(=O)N(CBr)C(=O)[C@@]2(Cl)[C@H]3c2ccc(O)c(F)c2)C(=O)N1Cc1cccs1. The molecule has 2 saturated heterocycles. The number of amides is 4. The summed E-state index contributed by atoms with van der Waals surface area (Å²) in [4.78, 5) is 53.4. The van der Waals surface area contributed by atoms with Crippen LogP contribution in [0.2, 0.25) is 0 Å². The smallest absolute Gasteiger partial charge is 0.254 e. The molecule has 7 nitrogen and oxygen atoms in total. The van der Waals surface area contributed by atoms with Crippen LogP contribution < -0.4 is 0 Å². The molecular formula is C26H20BrCl2FN2O5S. The lowest BCUT2D eigenvalue weighted by Crippen LogP contribution is -2.60. The van der Waals surface area contributed by atoms with Crippen molar-refractivity contribution in [2.75, 3.05) is 5.45 Å². The molecule has 3 fully saturated rings. The van der Waals surface area contributed by atoms with E-state index in [1.807, 2.05) is 17.5 Å². The minimum absolute atomic E-state index is 0.137. The average molecular weight is 642 g/mol. The molecule has 198 valence electrons. The van der Waals surface area contributed by atoms with Crippen molar-refractivity contribution < 1.29 is 28.7 Å². The van der Waals surface area contributed by atoms with Crippen LogP contribution in [0.4, 0.5) is 4.39 Å². The summed E-state index contributed by atoms with van der Waals surface area (Å²) >= 11 is 18.8. The third kappa shape index (κ3) is 3.29. The predicted molar refractivity (Wildman–Crippen MR) is 141 cm³/mol. The molecule has 6 rings (SSSR count). The van der Waals surface area contributed by atoms with E-state index in [0.717, 1.165) is 21.9 Å². The highest BCUT2D eigenvalue weighted by Crippen LogP contribution is 2.65. The fraction of sp³-hybridized carbons (Fsp3) is 0.385. The lowest BCUT2D eigenvalue weighted by molar-refractivity contribution is -0.141. The van der Waals surface area contributed by atoms with Gasteiger partial charge in [-0.2, -0.15) is 0 Å². The molecule has 0 radical (unpaired) electrons. The molecule has 2 aromatic rings. The summed E-state index contributed by atoms with van der Waals surface area (Å²) in [6.45, 7) is 0.150. The number of alkyl halides is 3. The number of thiophene rings is 1. The summed E-state index contributed by atoms with van der Waals surface area (Å²) in [5.74, 6) is -6.82. The Balaban J connectivity index is 1.50. The molecule has 2 aliphatic carbocycles. The van der Waals surface area contributed by atoms with E-state index in [4.69, 9.17) is 23.2 Å². The molecule has 4 aliphatic rings. The van der Waals surface area contributed by atoms with Gasteiger partial charge in [0.25, 0.3) is 11.8 Å². The summed E-state index contributed by atoms with van der Waals surface area (Å²) in [7, 11) is 0. The van der Waals surface area contributed by atoms with Crippen molar-refractivity contribution in [2.45, 2.75) is 35.1 Å². The van der Waals surface area contributed by atoms with E-state index in [9.17, 15) is 28.7 Å². The molecule has 0 bridgehead atoms. The van der Waals surface area contributed by atoms with E-state index >= 15 is 0 Å². The number of carbonyl (C=O) groups excluding carboxylic acids is 4. The second-order valence-electron chi connectivity index (χ2n) is 10.0. The molecule has 1 aromatic heterocycles. The molecule has 2 aliphatic heterocycles. The number of allylic oxidation sites excluding steroid dienone is 2. The summed E-state index contributed by atoms with van der Waals surface area (Å²) in [6.07, 6.45) is 1.88. The quantitative estimate of drug-likeness (QED) is 0.230. The third-order valence-electron chi connectivity index (χ3n) is 8.31. The summed E-state index contributed by atoms with van der Waals surface area (Å²) in [5.41, 5.74) is 0.658. The van der Waals surface area contributed by atoms with Crippen LogP contribution in [-0.4, -0.2) is 53.7 Å². The molecule has 1 N–H and O–H groups in total. The van der Waals surface area contributed by atoms with Gasteiger partial charge in [0.15, 0.2) is 21.3 Å². The molecule has 1 aromatic carbocycles. The number of hydrogen-bond donors (Lipinski definition) is 1. The number of phenols is 1. The van der Waals surface area contributed by atoms with Crippen LogP contribution in [0.3, 0.4) is 0 Å². The van der Waals surface area contributed by atoms with Crippen LogP contribution in [0, 0.1) is 23.6 Å². The first-order chi connectivity index (χ1) is 18.0. The monoisotopic (exact) mass is 640 g/mol. The van der Waals surface area contributed by atoms with Crippen LogP contribution in [0.5, 0.6) is 5.75 Å². The van der Waals surface area contributed by atoms with E-state index in [0.29, 0.717) is 5.57 Å². The van der Waals surface area contributed by atoms with Gasteiger partial charge < -0.3 is 5.11 Å². The Morgan fingerprint density at radius 3 is 2.50 bits per heavy atom. The van der Waals surface area contributed by atoms with Crippen molar-refractivity contribution >= 4 is 74.1 Å².